The lowest BCUT2D eigenvalue weighted by Gasteiger charge is -2.42. The van der Waals surface area contributed by atoms with Crippen molar-refractivity contribution in [2.75, 3.05) is 33.4 Å². The summed E-state index contributed by atoms with van der Waals surface area (Å²) in [4.78, 5) is 25.4. The Morgan fingerprint density at radius 3 is 2.69 bits per heavy atom. The van der Waals surface area contributed by atoms with Gasteiger partial charge in [0.25, 0.3) is 0 Å². The van der Waals surface area contributed by atoms with E-state index in [0.717, 1.165) is 12.8 Å². The molecule has 0 aromatic rings. The van der Waals surface area contributed by atoms with Crippen LogP contribution in [-0.4, -0.2) is 91.0 Å². The molecule has 1 spiro atoms. The zero-order chi connectivity index (χ0) is 23.1. The number of likely N-dealkylation sites (tertiary alicyclic amines) is 1. The first kappa shape index (κ1) is 23.5. The van der Waals surface area contributed by atoms with Crippen LogP contribution in [0.15, 0.2) is 11.6 Å². The van der Waals surface area contributed by atoms with Crippen LogP contribution in [0.4, 0.5) is 4.79 Å². The van der Waals surface area contributed by atoms with E-state index in [0.29, 0.717) is 32.5 Å². The van der Waals surface area contributed by atoms with Crippen molar-refractivity contribution >= 4 is 12.1 Å². The summed E-state index contributed by atoms with van der Waals surface area (Å²) in [7, 11) is 1.66. The summed E-state index contributed by atoms with van der Waals surface area (Å²) in [5.74, 6) is -0.876. The highest BCUT2D eigenvalue weighted by molar-refractivity contribution is 5.69. The zero-order valence-corrected chi connectivity index (χ0v) is 19.5. The summed E-state index contributed by atoms with van der Waals surface area (Å²) in [5, 5.41) is 11.8. The number of aliphatic carboxylic acids is 1. The second-order valence-electron chi connectivity index (χ2n) is 10.1. The van der Waals surface area contributed by atoms with E-state index in [1.807, 2.05) is 4.90 Å². The summed E-state index contributed by atoms with van der Waals surface area (Å²) in [5.41, 5.74) is 0.637. The first-order valence-electron chi connectivity index (χ1n) is 11.6. The van der Waals surface area contributed by atoms with Crippen molar-refractivity contribution < 1.29 is 33.6 Å². The molecule has 32 heavy (non-hydrogen) atoms. The Balaban J connectivity index is 1.37. The monoisotopic (exact) mass is 452 g/mol. The fourth-order valence-electron chi connectivity index (χ4n) is 5.69. The van der Waals surface area contributed by atoms with Crippen LogP contribution in [0.1, 0.15) is 46.5 Å². The summed E-state index contributed by atoms with van der Waals surface area (Å²) >= 11 is 0. The Morgan fingerprint density at radius 2 is 2.06 bits per heavy atom. The molecule has 0 aromatic heterocycles. The van der Waals surface area contributed by atoms with Gasteiger partial charge < -0.3 is 29.4 Å². The number of carbonyl (C=O) groups is 2. The van der Waals surface area contributed by atoms with Crippen LogP contribution < -0.4 is 5.32 Å². The number of rotatable bonds is 8. The number of amides is 1. The number of hydrogen-bond acceptors (Lipinski definition) is 7. The van der Waals surface area contributed by atoms with Crippen LogP contribution in [0.5, 0.6) is 0 Å². The summed E-state index contributed by atoms with van der Waals surface area (Å²) in [6.07, 6.45) is 4.15. The van der Waals surface area contributed by atoms with Crippen LogP contribution in [0.3, 0.4) is 0 Å². The molecule has 1 aliphatic carbocycles. The number of carbonyl (C=O) groups excluding carboxylic acids is 1. The number of allylic oxidation sites excluding steroid dienone is 1. The SMILES string of the molecule is CO[C@@H]1[C@H](OC(=O)N[C@H]2CCN(CC(=O)O)C2)CC[C@]2(CO2)[C@H]1[C@@]1(C)O[C@@H]1CC=C(C)C. The number of carboxylic acid groups (broad SMARTS) is 1. The van der Waals surface area contributed by atoms with Gasteiger partial charge in [-0.1, -0.05) is 11.6 Å². The second kappa shape index (κ2) is 8.93. The number of methoxy groups -OCH3 is 1. The van der Waals surface area contributed by atoms with Gasteiger partial charge in [-0.3, -0.25) is 9.69 Å². The topological polar surface area (TPSA) is 113 Å². The van der Waals surface area contributed by atoms with E-state index in [-0.39, 0.29) is 48.0 Å². The molecule has 0 aromatic carbocycles. The molecular weight excluding hydrogens is 416 g/mol. The van der Waals surface area contributed by atoms with E-state index in [4.69, 9.17) is 24.1 Å². The average Bonchev–Trinajstić information content (AvgIpc) is 3.58. The van der Waals surface area contributed by atoms with Crippen molar-refractivity contribution in [2.45, 2.75) is 82.0 Å². The van der Waals surface area contributed by atoms with Crippen molar-refractivity contribution in [3.8, 4) is 0 Å². The molecule has 180 valence electrons. The molecule has 9 nitrogen and oxygen atoms in total. The van der Waals surface area contributed by atoms with Crippen LogP contribution >= 0.6 is 0 Å². The van der Waals surface area contributed by atoms with Crippen LogP contribution in [-0.2, 0) is 23.7 Å². The third kappa shape index (κ3) is 4.81. The normalized spacial score (nSPS) is 40.7. The molecule has 4 aliphatic rings. The van der Waals surface area contributed by atoms with Crippen molar-refractivity contribution in [1.29, 1.82) is 0 Å². The van der Waals surface area contributed by atoms with Gasteiger partial charge in [0.2, 0.25) is 0 Å². The highest BCUT2D eigenvalue weighted by atomic mass is 16.6. The van der Waals surface area contributed by atoms with E-state index in [9.17, 15) is 9.59 Å². The molecule has 1 amide bonds. The van der Waals surface area contributed by atoms with Gasteiger partial charge in [0.05, 0.1) is 25.2 Å². The maximum Gasteiger partial charge on any atom is 0.407 e. The van der Waals surface area contributed by atoms with Crippen molar-refractivity contribution in [1.82, 2.24) is 10.2 Å². The van der Waals surface area contributed by atoms with Gasteiger partial charge in [0.1, 0.15) is 23.4 Å². The number of alkyl carbamates (subject to hydrolysis) is 1. The van der Waals surface area contributed by atoms with Gasteiger partial charge in [-0.05, 0) is 46.5 Å². The van der Waals surface area contributed by atoms with Gasteiger partial charge in [-0.15, -0.1) is 0 Å². The summed E-state index contributed by atoms with van der Waals surface area (Å²) < 4.78 is 23.9. The fourth-order valence-corrected chi connectivity index (χ4v) is 5.69. The minimum Gasteiger partial charge on any atom is -0.480 e. The van der Waals surface area contributed by atoms with E-state index >= 15 is 0 Å². The van der Waals surface area contributed by atoms with Gasteiger partial charge in [0, 0.05) is 26.2 Å². The van der Waals surface area contributed by atoms with E-state index in [1.54, 1.807) is 7.11 Å². The molecule has 0 unspecified atom stereocenters. The highest BCUT2D eigenvalue weighted by Gasteiger charge is 2.72. The number of hydrogen-bond donors (Lipinski definition) is 2. The highest BCUT2D eigenvalue weighted by Crippen LogP contribution is 2.59. The van der Waals surface area contributed by atoms with E-state index in [2.05, 4.69) is 32.2 Å². The Hall–Kier alpha value is -1.68. The smallest absolute Gasteiger partial charge is 0.407 e. The summed E-state index contributed by atoms with van der Waals surface area (Å²) in [6, 6.07) is -0.113. The van der Waals surface area contributed by atoms with Crippen molar-refractivity contribution in [2.24, 2.45) is 5.92 Å². The largest absolute Gasteiger partial charge is 0.480 e. The standard InChI is InChI=1S/C23H36N2O7/c1-14(2)5-6-17-22(3,32-17)20-19(29-4)16(7-9-23(20)13-30-23)31-21(28)24-15-8-10-25(11-15)12-18(26)27/h5,15-17,19-20H,6-13H2,1-4H3,(H,24,28)(H,26,27)/t15-,16+,17+,19+,20+,22-,23-/m0/s1. The lowest BCUT2D eigenvalue weighted by molar-refractivity contribution is -0.138. The average molecular weight is 453 g/mol. The lowest BCUT2D eigenvalue weighted by Crippen LogP contribution is -2.56. The number of nitrogens with one attached hydrogen (secondary N) is 1. The Morgan fingerprint density at radius 1 is 1.31 bits per heavy atom. The van der Waals surface area contributed by atoms with Gasteiger partial charge >= 0.3 is 12.1 Å². The van der Waals surface area contributed by atoms with E-state index in [1.165, 1.54) is 5.57 Å². The molecule has 9 heteroatoms. The quantitative estimate of drug-likeness (QED) is 0.424. The minimum atomic E-state index is -0.862. The molecular formula is C23H36N2O7. The third-order valence-electron chi connectivity index (χ3n) is 7.45. The molecule has 0 bridgehead atoms. The van der Waals surface area contributed by atoms with Crippen molar-refractivity contribution in [3.05, 3.63) is 11.6 Å². The molecule has 3 heterocycles. The maximum atomic E-state index is 12.7. The molecule has 3 aliphatic heterocycles. The van der Waals surface area contributed by atoms with Gasteiger partial charge in [0.15, 0.2) is 0 Å². The number of nitrogens with zero attached hydrogens (tertiary/aromatic N) is 1. The van der Waals surface area contributed by atoms with Crippen LogP contribution in [0, 0.1) is 5.92 Å². The summed E-state index contributed by atoms with van der Waals surface area (Å²) in [6.45, 7) is 8.11. The molecule has 1 saturated carbocycles. The second-order valence-corrected chi connectivity index (χ2v) is 10.1. The molecule has 4 fully saturated rings. The maximum absolute atomic E-state index is 12.7. The molecule has 7 atom stereocenters. The molecule has 4 rings (SSSR count). The third-order valence-corrected chi connectivity index (χ3v) is 7.45. The van der Waals surface area contributed by atoms with Crippen molar-refractivity contribution in [3.63, 3.8) is 0 Å². The van der Waals surface area contributed by atoms with Gasteiger partial charge in [-0.25, -0.2) is 4.79 Å². The molecule has 2 N–H and O–H groups in total. The zero-order valence-electron chi connectivity index (χ0n) is 19.5. The predicted molar refractivity (Wildman–Crippen MR) is 115 cm³/mol. The molecule has 0 radical (unpaired) electrons. The van der Waals surface area contributed by atoms with E-state index < -0.39 is 12.1 Å². The van der Waals surface area contributed by atoms with Crippen LogP contribution in [0.2, 0.25) is 0 Å². The first-order chi connectivity index (χ1) is 15.2. The Bertz CT molecular complexity index is 763. The first-order valence-corrected chi connectivity index (χ1v) is 11.6. The van der Waals surface area contributed by atoms with Crippen LogP contribution in [0.25, 0.3) is 0 Å². The minimum absolute atomic E-state index is 0.0142. The molecule has 3 saturated heterocycles. The van der Waals surface area contributed by atoms with Gasteiger partial charge in [-0.2, -0.15) is 0 Å². The fraction of sp³-hybridized carbons (Fsp3) is 0.826. The number of epoxide rings is 2. The number of carboxylic acids is 1. The predicted octanol–water partition coefficient (Wildman–Crippen LogP) is 1.95. The lowest BCUT2D eigenvalue weighted by atomic mass is 9.68. The number of ether oxygens (including phenoxy) is 4. The Kier molecular flexibility index (Phi) is 6.55. The Labute approximate surface area is 189 Å².